The van der Waals surface area contributed by atoms with Gasteiger partial charge in [0.25, 0.3) is 0 Å². The number of nitrogens with zero attached hydrogens (tertiary/aromatic N) is 3. The molecule has 0 radical (unpaired) electrons. The van der Waals surface area contributed by atoms with Crippen LogP contribution in [0.25, 0.3) is 11.4 Å². The Morgan fingerprint density at radius 1 is 1.33 bits per heavy atom. The normalized spacial score (nSPS) is 16.8. The second-order valence-electron chi connectivity index (χ2n) is 6.43. The molecule has 0 amide bonds. The van der Waals surface area contributed by atoms with E-state index in [1.54, 1.807) is 0 Å². The van der Waals surface area contributed by atoms with Crippen molar-refractivity contribution in [2.24, 2.45) is 0 Å². The van der Waals surface area contributed by atoms with Crippen LogP contribution in [0.1, 0.15) is 32.6 Å². The van der Waals surface area contributed by atoms with E-state index < -0.39 is 11.9 Å². The SMILES string of the molecule is CCN(CC(O)Cn1c(-c2ccccc2)noc1=O)C1CCCC1. The van der Waals surface area contributed by atoms with Crippen molar-refractivity contribution in [3.63, 3.8) is 0 Å². The summed E-state index contributed by atoms with van der Waals surface area (Å²) in [7, 11) is 0. The first kappa shape index (κ1) is 16.9. The molecule has 0 bridgehead atoms. The number of likely N-dealkylation sites (N-methyl/N-ethyl adjacent to an activating group) is 1. The van der Waals surface area contributed by atoms with Crippen LogP contribution in [-0.4, -0.2) is 45.0 Å². The third kappa shape index (κ3) is 3.76. The fourth-order valence-corrected chi connectivity index (χ4v) is 3.57. The first-order chi connectivity index (χ1) is 11.7. The summed E-state index contributed by atoms with van der Waals surface area (Å²) in [4.78, 5) is 14.3. The summed E-state index contributed by atoms with van der Waals surface area (Å²) in [5.74, 6) is -0.0691. The van der Waals surface area contributed by atoms with Crippen molar-refractivity contribution in [3.8, 4) is 11.4 Å². The average molecular weight is 331 g/mol. The lowest BCUT2D eigenvalue weighted by Crippen LogP contribution is -2.41. The summed E-state index contributed by atoms with van der Waals surface area (Å²) in [5.41, 5.74) is 0.804. The monoisotopic (exact) mass is 331 g/mol. The van der Waals surface area contributed by atoms with Gasteiger partial charge in [-0.05, 0) is 19.4 Å². The molecule has 1 aliphatic rings. The Hall–Kier alpha value is -1.92. The van der Waals surface area contributed by atoms with E-state index in [-0.39, 0.29) is 6.54 Å². The molecule has 130 valence electrons. The molecule has 1 unspecified atom stereocenters. The highest BCUT2D eigenvalue weighted by Gasteiger charge is 2.24. The number of benzene rings is 1. The first-order valence-corrected chi connectivity index (χ1v) is 8.73. The third-order valence-electron chi connectivity index (χ3n) is 4.80. The molecule has 24 heavy (non-hydrogen) atoms. The number of rotatable bonds is 7. The lowest BCUT2D eigenvalue weighted by molar-refractivity contribution is 0.0783. The van der Waals surface area contributed by atoms with E-state index in [2.05, 4.69) is 17.0 Å². The summed E-state index contributed by atoms with van der Waals surface area (Å²) in [5, 5.41) is 14.4. The second-order valence-corrected chi connectivity index (χ2v) is 6.43. The molecule has 3 rings (SSSR count). The lowest BCUT2D eigenvalue weighted by atomic mass is 10.2. The van der Waals surface area contributed by atoms with Gasteiger partial charge in [0.2, 0.25) is 0 Å². The van der Waals surface area contributed by atoms with Crippen LogP contribution in [0.3, 0.4) is 0 Å². The highest BCUT2D eigenvalue weighted by atomic mass is 16.5. The van der Waals surface area contributed by atoms with Gasteiger partial charge in [-0.25, -0.2) is 4.79 Å². The van der Waals surface area contributed by atoms with E-state index in [1.807, 2.05) is 30.3 Å². The largest absolute Gasteiger partial charge is 0.441 e. The molecule has 0 spiro atoms. The zero-order chi connectivity index (χ0) is 16.9. The predicted octanol–water partition coefficient (Wildman–Crippen LogP) is 2.13. The predicted molar refractivity (Wildman–Crippen MR) is 91.7 cm³/mol. The molecule has 1 aliphatic carbocycles. The third-order valence-corrected chi connectivity index (χ3v) is 4.80. The Morgan fingerprint density at radius 3 is 2.71 bits per heavy atom. The Morgan fingerprint density at radius 2 is 2.04 bits per heavy atom. The van der Waals surface area contributed by atoms with Crippen molar-refractivity contribution in [2.45, 2.75) is 51.3 Å². The minimum Gasteiger partial charge on any atom is -0.390 e. The van der Waals surface area contributed by atoms with Crippen molar-refractivity contribution in [2.75, 3.05) is 13.1 Å². The Balaban J connectivity index is 1.71. The average Bonchev–Trinajstić information content (AvgIpc) is 3.25. The van der Waals surface area contributed by atoms with Crippen LogP contribution in [0.15, 0.2) is 39.6 Å². The molecule has 1 N–H and O–H groups in total. The summed E-state index contributed by atoms with van der Waals surface area (Å²) in [6, 6.07) is 9.97. The van der Waals surface area contributed by atoms with Gasteiger partial charge in [-0.1, -0.05) is 55.3 Å². The molecular formula is C18H25N3O3. The highest BCUT2D eigenvalue weighted by Crippen LogP contribution is 2.23. The van der Waals surface area contributed by atoms with Crippen molar-refractivity contribution < 1.29 is 9.63 Å². The van der Waals surface area contributed by atoms with Gasteiger partial charge in [-0.2, -0.15) is 0 Å². The molecular weight excluding hydrogens is 306 g/mol. The quantitative estimate of drug-likeness (QED) is 0.841. The van der Waals surface area contributed by atoms with Gasteiger partial charge in [0.15, 0.2) is 5.82 Å². The van der Waals surface area contributed by atoms with Gasteiger partial charge >= 0.3 is 5.76 Å². The first-order valence-electron chi connectivity index (χ1n) is 8.73. The molecule has 1 aromatic carbocycles. The van der Waals surface area contributed by atoms with Crippen LogP contribution >= 0.6 is 0 Å². The molecule has 0 saturated heterocycles. The van der Waals surface area contributed by atoms with E-state index in [0.29, 0.717) is 18.4 Å². The summed E-state index contributed by atoms with van der Waals surface area (Å²) >= 11 is 0. The van der Waals surface area contributed by atoms with E-state index in [0.717, 1.165) is 12.1 Å². The highest BCUT2D eigenvalue weighted by molar-refractivity contribution is 5.54. The second kappa shape index (κ2) is 7.77. The van der Waals surface area contributed by atoms with Crippen molar-refractivity contribution >= 4 is 0 Å². The van der Waals surface area contributed by atoms with Gasteiger partial charge in [0.1, 0.15) is 0 Å². The zero-order valence-electron chi connectivity index (χ0n) is 14.1. The van der Waals surface area contributed by atoms with Crippen molar-refractivity contribution in [3.05, 3.63) is 40.9 Å². The van der Waals surface area contributed by atoms with Crippen LogP contribution in [0, 0.1) is 0 Å². The Labute approximate surface area is 141 Å². The lowest BCUT2D eigenvalue weighted by Gasteiger charge is -2.29. The number of hydrogen-bond donors (Lipinski definition) is 1. The van der Waals surface area contributed by atoms with Gasteiger partial charge < -0.3 is 5.11 Å². The number of aliphatic hydroxyl groups is 1. The molecule has 1 fully saturated rings. The number of hydrogen-bond acceptors (Lipinski definition) is 5. The molecule has 2 aromatic rings. The van der Waals surface area contributed by atoms with Crippen LogP contribution in [0.5, 0.6) is 0 Å². The van der Waals surface area contributed by atoms with Gasteiger partial charge in [0.05, 0.1) is 12.6 Å². The van der Waals surface area contributed by atoms with E-state index in [1.165, 1.54) is 30.3 Å². The smallest absolute Gasteiger partial charge is 0.390 e. The minimum absolute atomic E-state index is 0.190. The Kier molecular flexibility index (Phi) is 5.48. The van der Waals surface area contributed by atoms with Crippen LogP contribution in [0.4, 0.5) is 0 Å². The van der Waals surface area contributed by atoms with Crippen LogP contribution < -0.4 is 5.76 Å². The topological polar surface area (TPSA) is 71.5 Å². The standard InChI is InChI=1S/C18H25N3O3/c1-2-20(15-10-6-7-11-15)12-16(22)13-21-17(19-24-18(21)23)14-8-4-3-5-9-14/h3-5,8-9,15-16,22H,2,6-7,10-13H2,1H3. The maximum Gasteiger partial charge on any atom is 0.441 e. The Bertz CT molecular complexity index is 689. The number of aliphatic hydroxyl groups excluding tert-OH is 1. The van der Waals surface area contributed by atoms with E-state index in [9.17, 15) is 9.90 Å². The molecule has 0 aliphatic heterocycles. The van der Waals surface area contributed by atoms with E-state index in [4.69, 9.17) is 4.52 Å². The van der Waals surface area contributed by atoms with E-state index >= 15 is 0 Å². The fraction of sp³-hybridized carbons (Fsp3) is 0.556. The van der Waals surface area contributed by atoms with Crippen molar-refractivity contribution in [1.29, 1.82) is 0 Å². The summed E-state index contributed by atoms with van der Waals surface area (Å²) in [6.07, 6.45) is 4.29. The minimum atomic E-state index is -0.634. The maximum atomic E-state index is 12.0. The summed E-state index contributed by atoms with van der Waals surface area (Å²) in [6.45, 7) is 3.78. The van der Waals surface area contributed by atoms with Gasteiger partial charge in [-0.15, -0.1) is 0 Å². The maximum absolute atomic E-state index is 12.0. The number of aromatic nitrogens is 2. The van der Waals surface area contributed by atoms with Crippen molar-refractivity contribution in [1.82, 2.24) is 14.6 Å². The molecule has 1 atom stereocenters. The summed E-state index contributed by atoms with van der Waals surface area (Å²) < 4.78 is 6.23. The molecule has 1 aromatic heterocycles. The molecule has 6 nitrogen and oxygen atoms in total. The molecule has 1 saturated carbocycles. The molecule has 1 heterocycles. The van der Waals surface area contributed by atoms with Crippen LogP contribution in [-0.2, 0) is 6.54 Å². The van der Waals surface area contributed by atoms with Gasteiger partial charge in [0, 0.05) is 18.2 Å². The van der Waals surface area contributed by atoms with Crippen LogP contribution in [0.2, 0.25) is 0 Å². The van der Waals surface area contributed by atoms with Gasteiger partial charge in [-0.3, -0.25) is 14.0 Å². The zero-order valence-corrected chi connectivity index (χ0v) is 14.1. The molecule has 6 heteroatoms. The fourth-order valence-electron chi connectivity index (χ4n) is 3.57.